The van der Waals surface area contributed by atoms with Crippen LogP contribution in [0.3, 0.4) is 0 Å². The van der Waals surface area contributed by atoms with E-state index in [1.807, 2.05) is 92.7 Å². The van der Waals surface area contributed by atoms with Crippen LogP contribution < -0.4 is 4.90 Å². The maximum atomic E-state index is 9.72. The summed E-state index contributed by atoms with van der Waals surface area (Å²) in [5.74, 6) is 0. The summed E-state index contributed by atoms with van der Waals surface area (Å²) in [4.78, 5) is 0.867. The number of benzene rings is 9. The van der Waals surface area contributed by atoms with Crippen molar-refractivity contribution in [3.8, 4) is 55.6 Å². The predicted molar refractivity (Wildman–Crippen MR) is 238 cm³/mol. The first-order valence-electron chi connectivity index (χ1n) is 24.5. The van der Waals surface area contributed by atoms with E-state index in [1.165, 1.54) is 0 Å². The van der Waals surface area contributed by atoms with Gasteiger partial charge in [0, 0.05) is 22.5 Å². The van der Waals surface area contributed by atoms with Crippen LogP contribution in [-0.2, 0) is 5.41 Å². The molecule has 0 N–H and O–H groups in total. The Morgan fingerprint density at radius 3 is 1.59 bits per heavy atom. The normalized spacial score (nSPS) is 15.6. The van der Waals surface area contributed by atoms with E-state index in [0.717, 1.165) is 49.1 Å². The van der Waals surface area contributed by atoms with E-state index in [4.69, 9.17) is 0 Å². The zero-order chi connectivity index (χ0) is 48.1. The zero-order valence-electron chi connectivity index (χ0n) is 42.7. The van der Waals surface area contributed by atoms with E-state index in [9.17, 15) is 16.4 Å². The van der Waals surface area contributed by atoms with Crippen molar-refractivity contribution in [2.24, 2.45) is 0 Å². The molecular formula is C55H41N. The highest BCUT2D eigenvalue weighted by Gasteiger charge is 2.37. The highest BCUT2D eigenvalue weighted by atomic mass is 15.1. The van der Waals surface area contributed by atoms with Crippen LogP contribution in [0.4, 0.5) is 17.1 Å². The third-order valence-corrected chi connectivity index (χ3v) is 10.7. The minimum absolute atomic E-state index is 0.0126. The summed E-state index contributed by atoms with van der Waals surface area (Å²) >= 11 is 0. The summed E-state index contributed by atoms with van der Waals surface area (Å²) in [6, 6.07) is 35.9. The summed E-state index contributed by atoms with van der Waals surface area (Å²) in [6.45, 7) is 4.09. The molecular weight excluding hydrogens is 675 g/mol. The molecule has 0 fully saturated rings. The van der Waals surface area contributed by atoms with Crippen molar-refractivity contribution < 1.29 is 16.4 Å². The zero-order valence-corrected chi connectivity index (χ0v) is 30.7. The molecule has 0 saturated carbocycles. The SMILES string of the molecule is [2H]c1c([2H])c(N(c2c([2H])c([2H])c(-c3cccc(-c4cccc5ccccc45)c3)c([2H])c2[2H])c2c([2H])c([2H])c(-c3cccc4c3C(C)(C)c3ccccc3-4)c([2H])c2[2H])c([2H])c([2H])c1-c1ccccc1. The van der Waals surface area contributed by atoms with E-state index in [1.54, 1.807) is 60.7 Å². The average Bonchev–Trinajstić information content (AvgIpc) is 3.58. The van der Waals surface area contributed by atoms with Gasteiger partial charge in [0.2, 0.25) is 0 Å². The van der Waals surface area contributed by atoms with Crippen molar-refractivity contribution in [2.75, 3.05) is 4.90 Å². The Labute approximate surface area is 346 Å². The Hall–Kier alpha value is -6.96. The van der Waals surface area contributed by atoms with E-state index >= 15 is 0 Å². The first kappa shape index (κ1) is 23.1. The molecule has 0 heterocycles. The number of fused-ring (bicyclic) bond motifs is 4. The summed E-state index contributed by atoms with van der Waals surface area (Å²) in [5, 5.41) is 1.99. The van der Waals surface area contributed by atoms with Crippen LogP contribution in [0.15, 0.2) is 212 Å². The number of hydrogen-bond acceptors (Lipinski definition) is 1. The molecule has 9 aromatic rings. The average molecular weight is 728 g/mol. The summed E-state index contributed by atoms with van der Waals surface area (Å²) in [7, 11) is 0. The van der Waals surface area contributed by atoms with Gasteiger partial charge in [-0.15, -0.1) is 0 Å². The Balaban J connectivity index is 1.24. The highest BCUT2D eigenvalue weighted by Crippen LogP contribution is 2.52. The standard InChI is InChI=1S/C55H41N/c1-55(2)53-24-9-8-20-51(53)52-23-12-22-50(54(52)55)42-29-35-47(36-30-42)56(45-31-25-39(26-32-45)38-13-4-3-5-14-38)46-33-27-40(28-34-46)43-17-10-18-44(37-43)49-21-11-16-41-15-6-7-19-48(41)49/h3-37H,1-2H3/i25D,26D,27D,28D,29D,30D,31D,32D,33D,34D,35D,36D. The smallest absolute Gasteiger partial charge is 0.0645 e. The molecule has 9 aromatic carbocycles. The highest BCUT2D eigenvalue weighted by molar-refractivity contribution is 5.97. The van der Waals surface area contributed by atoms with Gasteiger partial charge in [-0.25, -0.2) is 0 Å². The molecule has 1 aliphatic carbocycles. The molecule has 0 saturated heterocycles. The molecule has 0 atom stereocenters. The Bertz CT molecular complexity index is 3490. The number of hydrogen-bond donors (Lipinski definition) is 0. The van der Waals surface area contributed by atoms with E-state index in [-0.39, 0.29) is 16.7 Å². The molecule has 0 radical (unpaired) electrons. The second-order valence-corrected chi connectivity index (χ2v) is 14.4. The number of rotatable bonds is 7. The fourth-order valence-electron chi connectivity index (χ4n) is 7.99. The van der Waals surface area contributed by atoms with Crippen LogP contribution in [-0.4, -0.2) is 0 Å². The molecule has 1 nitrogen and oxygen atoms in total. The fraction of sp³-hybridized carbons (Fsp3) is 0.0545. The lowest BCUT2D eigenvalue weighted by atomic mass is 9.79. The lowest BCUT2D eigenvalue weighted by molar-refractivity contribution is 0.662. The quantitative estimate of drug-likeness (QED) is 0.158. The van der Waals surface area contributed by atoms with Crippen LogP contribution in [0.1, 0.15) is 41.4 Å². The van der Waals surface area contributed by atoms with Gasteiger partial charge < -0.3 is 4.90 Å². The van der Waals surface area contributed by atoms with Gasteiger partial charge in [-0.1, -0.05) is 184 Å². The van der Waals surface area contributed by atoms with E-state index < -0.39 is 95.0 Å². The van der Waals surface area contributed by atoms with Crippen LogP contribution >= 0.6 is 0 Å². The maximum Gasteiger partial charge on any atom is 0.0645 e. The molecule has 0 amide bonds. The third kappa shape index (κ3) is 5.81. The summed E-state index contributed by atoms with van der Waals surface area (Å²) in [5.41, 5.74) is 4.18. The maximum absolute atomic E-state index is 9.72. The molecule has 0 spiro atoms. The molecule has 1 heteroatoms. The van der Waals surface area contributed by atoms with E-state index in [0.29, 0.717) is 16.7 Å². The van der Waals surface area contributed by atoms with Crippen molar-refractivity contribution in [2.45, 2.75) is 19.3 Å². The van der Waals surface area contributed by atoms with Crippen LogP contribution in [0.2, 0.25) is 0 Å². The Morgan fingerprint density at radius 2 is 0.857 bits per heavy atom. The summed E-state index contributed by atoms with van der Waals surface area (Å²) < 4.78 is 115. The lowest BCUT2D eigenvalue weighted by Gasteiger charge is -2.27. The predicted octanol–water partition coefficient (Wildman–Crippen LogP) is 15.3. The van der Waals surface area contributed by atoms with Crippen LogP contribution in [0, 0.1) is 0 Å². The van der Waals surface area contributed by atoms with Crippen molar-refractivity contribution >= 4 is 27.8 Å². The molecule has 56 heavy (non-hydrogen) atoms. The first-order chi connectivity index (χ1) is 32.6. The molecule has 1 aliphatic rings. The molecule has 266 valence electrons. The van der Waals surface area contributed by atoms with Gasteiger partial charge in [-0.05, 0) is 120 Å². The van der Waals surface area contributed by atoms with Gasteiger partial charge in [0.15, 0.2) is 0 Å². The minimum atomic E-state index is -0.665. The lowest BCUT2D eigenvalue weighted by Crippen LogP contribution is -2.16. The van der Waals surface area contributed by atoms with Crippen molar-refractivity contribution in [1.82, 2.24) is 0 Å². The van der Waals surface area contributed by atoms with Crippen molar-refractivity contribution in [1.29, 1.82) is 0 Å². The second kappa shape index (κ2) is 13.7. The van der Waals surface area contributed by atoms with Gasteiger partial charge in [0.05, 0.1) is 16.4 Å². The molecule has 0 unspecified atom stereocenters. The summed E-state index contributed by atoms with van der Waals surface area (Å²) in [6.07, 6.45) is 0. The number of anilines is 3. The van der Waals surface area contributed by atoms with Gasteiger partial charge >= 0.3 is 0 Å². The van der Waals surface area contributed by atoms with Gasteiger partial charge in [-0.2, -0.15) is 0 Å². The monoisotopic (exact) mass is 727 g/mol. The Kier molecular flexibility index (Phi) is 5.65. The van der Waals surface area contributed by atoms with Gasteiger partial charge in [-0.3, -0.25) is 0 Å². The van der Waals surface area contributed by atoms with E-state index in [2.05, 4.69) is 0 Å². The first-order valence-corrected chi connectivity index (χ1v) is 18.5. The van der Waals surface area contributed by atoms with Crippen LogP contribution in [0.25, 0.3) is 66.4 Å². The molecule has 10 rings (SSSR count). The van der Waals surface area contributed by atoms with Gasteiger partial charge in [0.25, 0.3) is 0 Å². The van der Waals surface area contributed by atoms with Gasteiger partial charge in [0.1, 0.15) is 0 Å². The topological polar surface area (TPSA) is 3.24 Å². The van der Waals surface area contributed by atoms with Crippen LogP contribution in [0.5, 0.6) is 0 Å². The van der Waals surface area contributed by atoms with Crippen molar-refractivity contribution in [3.63, 3.8) is 0 Å². The Morgan fingerprint density at radius 1 is 0.375 bits per heavy atom. The minimum Gasteiger partial charge on any atom is -0.311 e. The molecule has 0 aliphatic heterocycles. The molecule has 0 bridgehead atoms. The fourth-order valence-corrected chi connectivity index (χ4v) is 7.99. The largest absolute Gasteiger partial charge is 0.311 e. The number of nitrogens with zero attached hydrogens (tertiary/aromatic N) is 1. The second-order valence-electron chi connectivity index (χ2n) is 14.4. The third-order valence-electron chi connectivity index (χ3n) is 10.7. The van der Waals surface area contributed by atoms with Crippen molar-refractivity contribution in [3.05, 3.63) is 223 Å². The molecule has 0 aromatic heterocycles.